The first-order valence-electron chi connectivity index (χ1n) is 6.25. The van der Waals surface area contributed by atoms with E-state index in [1.807, 2.05) is 27.7 Å². The molecule has 1 aliphatic rings. The smallest absolute Gasteiger partial charge is 0.407 e. The summed E-state index contributed by atoms with van der Waals surface area (Å²) in [7, 11) is 0. The van der Waals surface area contributed by atoms with Crippen molar-refractivity contribution in [2.45, 2.75) is 65.7 Å². The molecular weight excluding hydrogens is 218 g/mol. The van der Waals surface area contributed by atoms with Crippen molar-refractivity contribution in [1.82, 2.24) is 5.32 Å². The summed E-state index contributed by atoms with van der Waals surface area (Å²) in [5.74, 6) is 0.311. The van der Waals surface area contributed by atoms with Crippen LogP contribution >= 0.6 is 0 Å². The summed E-state index contributed by atoms with van der Waals surface area (Å²) in [5.41, 5.74) is -0.739. The number of carbonyl (C=O) groups is 1. The first-order valence-corrected chi connectivity index (χ1v) is 6.25. The van der Waals surface area contributed by atoms with Gasteiger partial charge in [-0.25, -0.2) is 4.79 Å². The minimum Gasteiger partial charge on any atom is -0.444 e. The lowest BCUT2D eigenvalue weighted by atomic mass is 9.57. The van der Waals surface area contributed by atoms with Gasteiger partial charge in [-0.05, 0) is 33.1 Å². The monoisotopic (exact) mass is 243 g/mol. The van der Waals surface area contributed by atoms with Crippen molar-refractivity contribution >= 4 is 6.09 Å². The number of aliphatic hydroxyl groups excluding tert-OH is 1. The molecule has 3 atom stereocenters. The Balaban J connectivity index is 2.57. The lowest BCUT2D eigenvalue weighted by molar-refractivity contribution is -0.112. The molecule has 0 aliphatic heterocycles. The van der Waals surface area contributed by atoms with Gasteiger partial charge in [0.1, 0.15) is 5.60 Å². The number of alkyl carbamates (subject to hydrolysis) is 1. The van der Waals surface area contributed by atoms with E-state index in [4.69, 9.17) is 4.74 Å². The minimum atomic E-state index is -0.485. The zero-order valence-corrected chi connectivity index (χ0v) is 11.7. The summed E-state index contributed by atoms with van der Waals surface area (Å²) in [4.78, 5) is 11.7. The number of hydrogen-bond acceptors (Lipinski definition) is 3. The van der Waals surface area contributed by atoms with E-state index in [1.54, 1.807) is 0 Å². The largest absolute Gasteiger partial charge is 0.444 e. The highest BCUT2D eigenvalue weighted by molar-refractivity contribution is 5.68. The molecule has 1 rings (SSSR count). The topological polar surface area (TPSA) is 58.6 Å². The Kier molecular flexibility index (Phi) is 3.77. The third-order valence-electron chi connectivity index (χ3n) is 3.86. The second kappa shape index (κ2) is 4.48. The molecule has 17 heavy (non-hydrogen) atoms. The molecule has 0 saturated heterocycles. The third-order valence-corrected chi connectivity index (χ3v) is 3.86. The molecule has 1 fully saturated rings. The SMILES string of the molecule is CC(C)C1(C)C(O)CC1NC(=O)OC(C)(C)C. The molecule has 1 saturated carbocycles. The summed E-state index contributed by atoms with van der Waals surface area (Å²) < 4.78 is 5.22. The Labute approximate surface area is 104 Å². The second-order valence-electron chi connectivity index (χ2n) is 6.47. The summed E-state index contributed by atoms with van der Waals surface area (Å²) in [6, 6.07) is -0.00708. The molecule has 4 nitrogen and oxygen atoms in total. The van der Waals surface area contributed by atoms with E-state index in [9.17, 15) is 9.90 Å². The van der Waals surface area contributed by atoms with Gasteiger partial charge in [-0.15, -0.1) is 0 Å². The van der Waals surface area contributed by atoms with Crippen LogP contribution in [0.25, 0.3) is 0 Å². The molecule has 0 aromatic carbocycles. The van der Waals surface area contributed by atoms with Gasteiger partial charge in [0.25, 0.3) is 0 Å². The molecule has 1 aliphatic carbocycles. The van der Waals surface area contributed by atoms with Crippen LogP contribution in [0.5, 0.6) is 0 Å². The van der Waals surface area contributed by atoms with Crippen LogP contribution in [0.1, 0.15) is 48.0 Å². The normalized spacial score (nSPS) is 33.2. The Morgan fingerprint density at radius 1 is 1.47 bits per heavy atom. The van der Waals surface area contributed by atoms with Gasteiger partial charge < -0.3 is 15.2 Å². The fourth-order valence-corrected chi connectivity index (χ4v) is 2.25. The number of hydrogen-bond donors (Lipinski definition) is 2. The van der Waals surface area contributed by atoms with Crippen molar-refractivity contribution in [2.75, 3.05) is 0 Å². The van der Waals surface area contributed by atoms with Crippen LogP contribution in [-0.4, -0.2) is 28.9 Å². The van der Waals surface area contributed by atoms with E-state index >= 15 is 0 Å². The van der Waals surface area contributed by atoms with Crippen LogP contribution in [0.2, 0.25) is 0 Å². The Morgan fingerprint density at radius 2 is 2.00 bits per heavy atom. The molecule has 0 bridgehead atoms. The molecule has 2 N–H and O–H groups in total. The first kappa shape index (κ1) is 14.3. The van der Waals surface area contributed by atoms with Crippen LogP contribution in [-0.2, 0) is 4.74 Å². The van der Waals surface area contributed by atoms with Gasteiger partial charge >= 0.3 is 6.09 Å². The van der Waals surface area contributed by atoms with E-state index in [-0.39, 0.29) is 17.6 Å². The zero-order chi connectivity index (χ0) is 13.4. The van der Waals surface area contributed by atoms with Gasteiger partial charge in [-0.2, -0.15) is 0 Å². The highest BCUT2D eigenvalue weighted by Crippen LogP contribution is 2.46. The number of carbonyl (C=O) groups excluding carboxylic acids is 1. The Hall–Kier alpha value is -0.770. The highest BCUT2D eigenvalue weighted by atomic mass is 16.6. The average Bonchev–Trinajstić information content (AvgIpc) is 2.12. The number of nitrogens with one attached hydrogen (secondary N) is 1. The van der Waals surface area contributed by atoms with Crippen molar-refractivity contribution in [1.29, 1.82) is 0 Å². The van der Waals surface area contributed by atoms with E-state index < -0.39 is 11.7 Å². The maximum absolute atomic E-state index is 11.7. The predicted molar refractivity (Wildman–Crippen MR) is 66.7 cm³/mol. The van der Waals surface area contributed by atoms with Crippen molar-refractivity contribution < 1.29 is 14.6 Å². The molecule has 1 amide bonds. The maximum Gasteiger partial charge on any atom is 0.407 e. The average molecular weight is 243 g/mol. The second-order valence-corrected chi connectivity index (χ2v) is 6.47. The number of amides is 1. The molecule has 0 aromatic heterocycles. The number of aliphatic hydroxyl groups is 1. The van der Waals surface area contributed by atoms with Crippen molar-refractivity contribution in [3.63, 3.8) is 0 Å². The maximum atomic E-state index is 11.7. The van der Waals surface area contributed by atoms with E-state index in [2.05, 4.69) is 19.2 Å². The third kappa shape index (κ3) is 2.92. The lowest BCUT2D eigenvalue weighted by Gasteiger charge is -2.54. The standard InChI is InChI=1S/C13H25NO3/c1-8(2)13(6)9(7-10(13)15)14-11(16)17-12(3,4)5/h8-10,15H,7H2,1-6H3,(H,14,16). The molecule has 0 aromatic rings. The quantitative estimate of drug-likeness (QED) is 0.782. The summed E-state index contributed by atoms with van der Waals surface area (Å²) in [6.45, 7) is 11.6. The van der Waals surface area contributed by atoms with Gasteiger partial charge in [-0.1, -0.05) is 20.8 Å². The Morgan fingerprint density at radius 3 is 2.35 bits per heavy atom. The van der Waals surface area contributed by atoms with Gasteiger partial charge in [0, 0.05) is 11.5 Å². The van der Waals surface area contributed by atoms with Crippen LogP contribution in [0, 0.1) is 11.3 Å². The van der Waals surface area contributed by atoms with Gasteiger partial charge in [-0.3, -0.25) is 0 Å². The van der Waals surface area contributed by atoms with E-state index in [0.29, 0.717) is 12.3 Å². The van der Waals surface area contributed by atoms with E-state index in [0.717, 1.165) is 0 Å². The fourth-order valence-electron chi connectivity index (χ4n) is 2.25. The van der Waals surface area contributed by atoms with Crippen molar-refractivity contribution in [3.05, 3.63) is 0 Å². The molecule has 4 heteroatoms. The summed E-state index contributed by atoms with van der Waals surface area (Å²) >= 11 is 0. The predicted octanol–water partition coefficient (Wildman–Crippen LogP) is 2.31. The van der Waals surface area contributed by atoms with Crippen molar-refractivity contribution in [3.8, 4) is 0 Å². The van der Waals surface area contributed by atoms with Crippen molar-refractivity contribution in [2.24, 2.45) is 11.3 Å². The fraction of sp³-hybridized carbons (Fsp3) is 0.923. The molecule has 0 radical (unpaired) electrons. The number of ether oxygens (including phenoxy) is 1. The molecule has 3 unspecified atom stereocenters. The summed E-state index contributed by atoms with van der Waals surface area (Å²) in [5, 5.41) is 12.7. The first-order chi connectivity index (χ1) is 7.57. The summed E-state index contributed by atoms with van der Waals surface area (Å²) in [6.07, 6.45) is -0.141. The highest BCUT2D eigenvalue weighted by Gasteiger charge is 2.53. The van der Waals surface area contributed by atoms with Gasteiger partial charge in [0.05, 0.1) is 6.10 Å². The minimum absolute atomic E-state index is 0.00708. The zero-order valence-electron chi connectivity index (χ0n) is 11.7. The molecule has 0 spiro atoms. The molecule has 100 valence electrons. The van der Waals surface area contributed by atoms with Crippen LogP contribution in [0.4, 0.5) is 4.79 Å². The van der Waals surface area contributed by atoms with Gasteiger partial charge in [0.15, 0.2) is 0 Å². The van der Waals surface area contributed by atoms with E-state index in [1.165, 1.54) is 0 Å². The van der Waals surface area contributed by atoms with Crippen LogP contribution in [0.3, 0.4) is 0 Å². The Bertz CT molecular complexity index is 289. The lowest BCUT2D eigenvalue weighted by Crippen LogP contribution is -2.65. The molecule has 0 heterocycles. The molecular formula is C13H25NO3. The number of rotatable bonds is 2. The van der Waals surface area contributed by atoms with Gasteiger partial charge in [0.2, 0.25) is 0 Å². The van der Waals surface area contributed by atoms with Crippen LogP contribution in [0.15, 0.2) is 0 Å². The van der Waals surface area contributed by atoms with Crippen LogP contribution < -0.4 is 5.32 Å².